The minimum atomic E-state index is -0.819. The molecular formula is C13H19NO3. The van der Waals surface area contributed by atoms with Crippen LogP contribution in [0.15, 0.2) is 24.3 Å². The van der Waals surface area contributed by atoms with Gasteiger partial charge in [0.25, 0.3) is 0 Å². The Morgan fingerprint density at radius 1 is 1.47 bits per heavy atom. The second-order valence-corrected chi connectivity index (χ2v) is 3.98. The van der Waals surface area contributed by atoms with E-state index in [4.69, 9.17) is 9.84 Å². The summed E-state index contributed by atoms with van der Waals surface area (Å²) in [5.74, 6) is 0.0218. The topological polar surface area (TPSA) is 49.8 Å². The normalized spacial score (nSPS) is 10.5. The molecule has 0 spiro atoms. The van der Waals surface area contributed by atoms with Gasteiger partial charge < -0.3 is 9.84 Å². The van der Waals surface area contributed by atoms with Gasteiger partial charge in [0.2, 0.25) is 0 Å². The van der Waals surface area contributed by atoms with Crippen LogP contribution in [0.4, 0.5) is 0 Å². The molecule has 0 aromatic heterocycles. The third-order valence-corrected chi connectivity index (χ3v) is 2.45. The summed E-state index contributed by atoms with van der Waals surface area (Å²) in [5, 5.41) is 8.59. The van der Waals surface area contributed by atoms with E-state index in [9.17, 15) is 4.79 Å². The fourth-order valence-corrected chi connectivity index (χ4v) is 1.48. The summed E-state index contributed by atoms with van der Waals surface area (Å²) in [6.07, 6.45) is 0.982. The Bertz CT molecular complexity index is 365. The predicted molar refractivity (Wildman–Crippen MR) is 66.4 cm³/mol. The van der Waals surface area contributed by atoms with Gasteiger partial charge in [0.1, 0.15) is 12.4 Å². The Morgan fingerprint density at radius 2 is 2.24 bits per heavy atom. The van der Waals surface area contributed by atoms with Crippen LogP contribution in [0.5, 0.6) is 5.75 Å². The quantitative estimate of drug-likeness (QED) is 0.783. The fourth-order valence-electron chi connectivity index (χ4n) is 1.48. The summed E-state index contributed by atoms with van der Waals surface area (Å²) in [5.41, 5.74) is 1.24. The number of rotatable bonds is 7. The van der Waals surface area contributed by atoms with E-state index in [1.54, 1.807) is 11.9 Å². The molecule has 0 aliphatic heterocycles. The number of carbonyl (C=O) groups is 1. The molecular weight excluding hydrogens is 218 g/mol. The second kappa shape index (κ2) is 6.91. The molecule has 0 aliphatic carbocycles. The van der Waals surface area contributed by atoms with Crippen molar-refractivity contribution in [1.29, 1.82) is 0 Å². The number of benzene rings is 1. The lowest BCUT2D eigenvalue weighted by Gasteiger charge is -2.14. The van der Waals surface area contributed by atoms with Gasteiger partial charge in [-0.1, -0.05) is 19.1 Å². The number of ether oxygens (including phenoxy) is 1. The van der Waals surface area contributed by atoms with Crippen LogP contribution in [-0.2, 0) is 11.2 Å². The summed E-state index contributed by atoms with van der Waals surface area (Å²) < 4.78 is 5.57. The summed E-state index contributed by atoms with van der Waals surface area (Å²) in [4.78, 5) is 12.2. The molecule has 1 rings (SSSR count). The molecule has 0 saturated carbocycles. The van der Waals surface area contributed by atoms with E-state index < -0.39 is 5.97 Å². The van der Waals surface area contributed by atoms with Crippen molar-refractivity contribution in [3.63, 3.8) is 0 Å². The van der Waals surface area contributed by atoms with E-state index in [1.165, 1.54) is 5.56 Å². The minimum Gasteiger partial charge on any atom is -0.492 e. The highest BCUT2D eigenvalue weighted by Gasteiger charge is 2.03. The monoisotopic (exact) mass is 237 g/mol. The fraction of sp³-hybridized carbons (Fsp3) is 0.462. The summed E-state index contributed by atoms with van der Waals surface area (Å²) in [7, 11) is 1.76. The zero-order chi connectivity index (χ0) is 12.7. The number of aryl methyl sites for hydroxylation is 1. The maximum Gasteiger partial charge on any atom is 0.317 e. The van der Waals surface area contributed by atoms with Crippen molar-refractivity contribution in [3.8, 4) is 5.75 Å². The number of nitrogens with zero attached hydrogens (tertiary/aromatic N) is 1. The summed E-state index contributed by atoms with van der Waals surface area (Å²) >= 11 is 0. The molecule has 94 valence electrons. The summed E-state index contributed by atoms with van der Waals surface area (Å²) in [6.45, 7) is 3.23. The average molecular weight is 237 g/mol. The zero-order valence-corrected chi connectivity index (χ0v) is 10.3. The largest absolute Gasteiger partial charge is 0.492 e. The first-order valence-electron chi connectivity index (χ1n) is 5.74. The van der Waals surface area contributed by atoms with Crippen molar-refractivity contribution in [3.05, 3.63) is 29.8 Å². The number of hydrogen-bond donors (Lipinski definition) is 1. The van der Waals surface area contributed by atoms with E-state index in [1.807, 2.05) is 18.2 Å². The molecule has 0 saturated heterocycles. The predicted octanol–water partition coefficient (Wildman–Crippen LogP) is 1.64. The highest BCUT2D eigenvalue weighted by Crippen LogP contribution is 2.13. The van der Waals surface area contributed by atoms with E-state index >= 15 is 0 Å². The molecule has 1 aromatic carbocycles. The molecule has 0 unspecified atom stereocenters. The molecule has 0 amide bonds. The van der Waals surface area contributed by atoms with Crippen molar-refractivity contribution >= 4 is 5.97 Å². The van der Waals surface area contributed by atoms with Gasteiger partial charge in [-0.05, 0) is 31.2 Å². The molecule has 0 aliphatic rings. The van der Waals surface area contributed by atoms with Gasteiger partial charge in [-0.15, -0.1) is 0 Å². The molecule has 1 N–H and O–H groups in total. The molecule has 4 heteroatoms. The first-order valence-corrected chi connectivity index (χ1v) is 5.74. The third-order valence-electron chi connectivity index (χ3n) is 2.45. The molecule has 4 nitrogen and oxygen atoms in total. The smallest absolute Gasteiger partial charge is 0.317 e. The molecule has 17 heavy (non-hydrogen) atoms. The number of hydrogen-bond acceptors (Lipinski definition) is 3. The van der Waals surface area contributed by atoms with Crippen LogP contribution in [0.2, 0.25) is 0 Å². The van der Waals surface area contributed by atoms with Gasteiger partial charge >= 0.3 is 5.97 Å². The number of carboxylic acids is 1. The maximum absolute atomic E-state index is 10.4. The lowest BCUT2D eigenvalue weighted by molar-refractivity contribution is -0.138. The standard InChI is InChI=1S/C13H19NO3/c1-3-11-5-4-6-12(9-11)17-8-7-14(2)10-13(15)16/h4-6,9H,3,7-8,10H2,1-2H3,(H,15,16). The number of aliphatic carboxylic acids is 1. The molecule has 0 fully saturated rings. The van der Waals surface area contributed by atoms with Crippen molar-refractivity contribution in [2.24, 2.45) is 0 Å². The Hall–Kier alpha value is -1.55. The molecule has 0 heterocycles. The molecule has 0 atom stereocenters. The molecule has 1 aromatic rings. The van der Waals surface area contributed by atoms with Crippen LogP contribution in [0.3, 0.4) is 0 Å². The van der Waals surface area contributed by atoms with Crippen LogP contribution in [-0.4, -0.2) is 42.7 Å². The minimum absolute atomic E-state index is 0.0400. The first kappa shape index (κ1) is 13.5. The third kappa shape index (κ3) is 5.36. The number of carboxylic acid groups (broad SMARTS) is 1. The maximum atomic E-state index is 10.4. The van der Waals surface area contributed by atoms with Gasteiger partial charge in [0, 0.05) is 6.54 Å². The Balaban J connectivity index is 2.32. The molecule has 0 bridgehead atoms. The lowest BCUT2D eigenvalue weighted by atomic mass is 10.2. The lowest BCUT2D eigenvalue weighted by Crippen LogP contribution is -2.29. The SMILES string of the molecule is CCc1cccc(OCCN(C)CC(=O)O)c1. The van der Waals surface area contributed by atoms with E-state index in [2.05, 4.69) is 13.0 Å². The number of likely N-dealkylation sites (N-methyl/N-ethyl adjacent to an activating group) is 1. The zero-order valence-electron chi connectivity index (χ0n) is 10.3. The average Bonchev–Trinajstić information content (AvgIpc) is 2.28. The van der Waals surface area contributed by atoms with Gasteiger partial charge in [0.05, 0.1) is 6.54 Å². The second-order valence-electron chi connectivity index (χ2n) is 3.98. The van der Waals surface area contributed by atoms with Crippen LogP contribution >= 0.6 is 0 Å². The highest BCUT2D eigenvalue weighted by molar-refractivity contribution is 5.68. The van der Waals surface area contributed by atoms with Crippen LogP contribution < -0.4 is 4.74 Å². The van der Waals surface area contributed by atoms with Crippen LogP contribution in [0, 0.1) is 0 Å². The first-order chi connectivity index (χ1) is 8.11. The van der Waals surface area contributed by atoms with E-state index in [-0.39, 0.29) is 6.54 Å². The van der Waals surface area contributed by atoms with Crippen molar-refractivity contribution in [1.82, 2.24) is 4.90 Å². The van der Waals surface area contributed by atoms with Gasteiger partial charge in [-0.25, -0.2) is 0 Å². The van der Waals surface area contributed by atoms with Gasteiger partial charge in [-0.3, -0.25) is 9.69 Å². The van der Waals surface area contributed by atoms with E-state index in [0.29, 0.717) is 13.2 Å². The van der Waals surface area contributed by atoms with Crippen LogP contribution in [0.1, 0.15) is 12.5 Å². The summed E-state index contributed by atoms with van der Waals surface area (Å²) in [6, 6.07) is 7.95. The van der Waals surface area contributed by atoms with Crippen molar-refractivity contribution < 1.29 is 14.6 Å². The Labute approximate surface area is 102 Å². The van der Waals surface area contributed by atoms with Gasteiger partial charge in [0.15, 0.2) is 0 Å². The Kier molecular flexibility index (Phi) is 5.49. The van der Waals surface area contributed by atoms with Crippen molar-refractivity contribution in [2.75, 3.05) is 26.7 Å². The molecule has 0 radical (unpaired) electrons. The van der Waals surface area contributed by atoms with Crippen molar-refractivity contribution in [2.45, 2.75) is 13.3 Å². The van der Waals surface area contributed by atoms with Crippen LogP contribution in [0.25, 0.3) is 0 Å². The van der Waals surface area contributed by atoms with Gasteiger partial charge in [-0.2, -0.15) is 0 Å². The Morgan fingerprint density at radius 3 is 2.88 bits per heavy atom. The highest BCUT2D eigenvalue weighted by atomic mass is 16.5. The van der Waals surface area contributed by atoms with E-state index in [0.717, 1.165) is 12.2 Å².